The largest absolute Gasteiger partial charge is 0.371 e. The Labute approximate surface area is 105 Å². The molecule has 1 aliphatic heterocycles. The van der Waals surface area contributed by atoms with Gasteiger partial charge in [-0.05, 0) is 44.4 Å². The lowest BCUT2D eigenvalue weighted by molar-refractivity contribution is 0.554. The van der Waals surface area contributed by atoms with Gasteiger partial charge in [-0.15, -0.1) is 0 Å². The number of nitrogens with one attached hydrogen (secondary N) is 1. The monoisotopic (exact) mass is 232 g/mol. The van der Waals surface area contributed by atoms with Crippen molar-refractivity contribution in [2.75, 3.05) is 25.0 Å². The van der Waals surface area contributed by atoms with Gasteiger partial charge in [0.15, 0.2) is 0 Å². The molecule has 0 spiro atoms. The number of rotatable bonds is 4. The summed E-state index contributed by atoms with van der Waals surface area (Å²) >= 11 is 0. The second-order valence-corrected chi connectivity index (χ2v) is 4.86. The van der Waals surface area contributed by atoms with Crippen LogP contribution in [0.15, 0.2) is 24.3 Å². The molecule has 0 amide bonds. The van der Waals surface area contributed by atoms with Crippen molar-refractivity contribution in [1.82, 2.24) is 5.32 Å². The van der Waals surface area contributed by atoms with E-state index in [9.17, 15) is 0 Å². The topological polar surface area (TPSA) is 15.3 Å². The van der Waals surface area contributed by atoms with Crippen molar-refractivity contribution in [3.63, 3.8) is 0 Å². The minimum absolute atomic E-state index is 0.480. The third-order valence-corrected chi connectivity index (χ3v) is 3.77. The van der Waals surface area contributed by atoms with Gasteiger partial charge in [0.1, 0.15) is 0 Å². The van der Waals surface area contributed by atoms with E-state index in [0.717, 1.165) is 6.42 Å². The first-order valence-electron chi connectivity index (χ1n) is 6.88. The van der Waals surface area contributed by atoms with Crippen molar-refractivity contribution < 1.29 is 0 Å². The number of hydrogen-bond acceptors (Lipinski definition) is 2. The molecule has 1 unspecified atom stereocenters. The highest BCUT2D eigenvalue weighted by Crippen LogP contribution is 2.29. The molecule has 2 heteroatoms. The molecule has 2 rings (SSSR count). The van der Waals surface area contributed by atoms with E-state index in [-0.39, 0.29) is 0 Å². The predicted molar refractivity (Wildman–Crippen MR) is 74.6 cm³/mol. The van der Waals surface area contributed by atoms with Crippen LogP contribution in [0, 0.1) is 0 Å². The van der Waals surface area contributed by atoms with Crippen LogP contribution >= 0.6 is 0 Å². The molecule has 1 atom stereocenters. The quantitative estimate of drug-likeness (QED) is 0.856. The highest BCUT2D eigenvalue weighted by molar-refractivity contribution is 5.55. The summed E-state index contributed by atoms with van der Waals surface area (Å²) in [5.74, 6) is 0. The fourth-order valence-electron chi connectivity index (χ4n) is 2.78. The third kappa shape index (κ3) is 2.81. The highest BCUT2D eigenvalue weighted by atomic mass is 15.1. The molecule has 0 bridgehead atoms. The molecule has 0 aromatic heterocycles. The molecule has 1 aliphatic rings. The lowest BCUT2D eigenvalue weighted by Crippen LogP contribution is -2.31. The van der Waals surface area contributed by atoms with Gasteiger partial charge in [-0.3, -0.25) is 0 Å². The predicted octanol–water partition coefficient (Wildman–Crippen LogP) is 3.35. The van der Waals surface area contributed by atoms with Crippen LogP contribution < -0.4 is 10.2 Å². The first-order chi connectivity index (χ1) is 8.36. The fourth-order valence-corrected chi connectivity index (χ4v) is 2.78. The van der Waals surface area contributed by atoms with E-state index in [2.05, 4.69) is 48.5 Å². The minimum atomic E-state index is 0.480. The molecule has 0 radical (unpaired) electrons. The van der Waals surface area contributed by atoms with Crippen LogP contribution in [0.5, 0.6) is 0 Å². The molecule has 0 saturated carbocycles. The highest BCUT2D eigenvalue weighted by Gasteiger charge is 2.17. The zero-order chi connectivity index (χ0) is 12.1. The molecular weight excluding hydrogens is 208 g/mol. The van der Waals surface area contributed by atoms with E-state index in [1.807, 2.05) is 0 Å². The molecule has 1 N–H and O–H groups in total. The Morgan fingerprint density at radius 1 is 1.18 bits per heavy atom. The number of anilines is 1. The maximum Gasteiger partial charge on any atom is 0.0414 e. The van der Waals surface area contributed by atoms with Crippen molar-refractivity contribution in [3.05, 3.63) is 29.8 Å². The van der Waals surface area contributed by atoms with Crippen molar-refractivity contribution in [2.45, 2.75) is 38.6 Å². The summed E-state index contributed by atoms with van der Waals surface area (Å²) in [4.78, 5) is 2.55. The standard InChI is InChI=1S/C15H24N2/c1-3-14(16-2)13-9-5-6-10-15(13)17-11-7-4-8-12-17/h5-6,9-10,14,16H,3-4,7-8,11-12H2,1-2H3. The van der Waals surface area contributed by atoms with E-state index in [1.54, 1.807) is 0 Å². The molecule has 17 heavy (non-hydrogen) atoms. The van der Waals surface area contributed by atoms with Crippen LogP contribution in [0.3, 0.4) is 0 Å². The Balaban J connectivity index is 2.25. The number of hydrogen-bond donors (Lipinski definition) is 1. The Morgan fingerprint density at radius 2 is 1.88 bits per heavy atom. The van der Waals surface area contributed by atoms with Crippen molar-refractivity contribution >= 4 is 5.69 Å². The van der Waals surface area contributed by atoms with Crippen molar-refractivity contribution in [1.29, 1.82) is 0 Å². The Bertz CT molecular complexity index is 339. The zero-order valence-corrected chi connectivity index (χ0v) is 11.1. The lowest BCUT2D eigenvalue weighted by atomic mass is 10.00. The molecule has 0 aliphatic carbocycles. The van der Waals surface area contributed by atoms with Gasteiger partial charge >= 0.3 is 0 Å². The van der Waals surface area contributed by atoms with E-state index in [1.165, 1.54) is 43.6 Å². The molecular formula is C15H24N2. The Kier molecular flexibility index (Phi) is 4.43. The van der Waals surface area contributed by atoms with Gasteiger partial charge < -0.3 is 10.2 Å². The normalized spacial score (nSPS) is 18.1. The summed E-state index contributed by atoms with van der Waals surface area (Å²) < 4.78 is 0. The summed E-state index contributed by atoms with van der Waals surface area (Å²) in [5.41, 5.74) is 2.90. The number of nitrogens with zero attached hydrogens (tertiary/aromatic N) is 1. The van der Waals surface area contributed by atoms with Gasteiger partial charge in [-0.25, -0.2) is 0 Å². The molecule has 1 aromatic carbocycles. The summed E-state index contributed by atoms with van der Waals surface area (Å²) in [6.45, 7) is 4.68. The van der Waals surface area contributed by atoms with Gasteiger partial charge in [0, 0.05) is 24.8 Å². The second kappa shape index (κ2) is 6.06. The van der Waals surface area contributed by atoms with Crippen molar-refractivity contribution in [2.24, 2.45) is 0 Å². The van der Waals surface area contributed by atoms with Gasteiger partial charge in [0.05, 0.1) is 0 Å². The Hall–Kier alpha value is -1.02. The molecule has 94 valence electrons. The van der Waals surface area contributed by atoms with Crippen LogP contribution in [0.2, 0.25) is 0 Å². The second-order valence-electron chi connectivity index (χ2n) is 4.86. The van der Waals surface area contributed by atoms with Gasteiger partial charge in [-0.2, -0.15) is 0 Å². The smallest absolute Gasteiger partial charge is 0.0414 e. The maximum absolute atomic E-state index is 3.42. The lowest BCUT2D eigenvalue weighted by Gasteiger charge is -2.32. The van der Waals surface area contributed by atoms with E-state index < -0.39 is 0 Å². The molecule has 1 aromatic rings. The molecule has 1 saturated heterocycles. The summed E-state index contributed by atoms with van der Waals surface area (Å²) in [6.07, 6.45) is 5.21. The number of piperidine rings is 1. The average molecular weight is 232 g/mol. The van der Waals surface area contributed by atoms with Crippen molar-refractivity contribution in [3.8, 4) is 0 Å². The summed E-state index contributed by atoms with van der Waals surface area (Å²) in [6, 6.07) is 9.35. The zero-order valence-electron chi connectivity index (χ0n) is 11.1. The molecule has 1 heterocycles. The molecule has 2 nitrogen and oxygen atoms in total. The average Bonchev–Trinajstić information content (AvgIpc) is 2.42. The summed E-state index contributed by atoms with van der Waals surface area (Å²) in [5, 5.41) is 3.42. The number of para-hydroxylation sites is 1. The SMILES string of the molecule is CCC(NC)c1ccccc1N1CCCCC1. The van der Waals surface area contributed by atoms with Crippen LogP contribution in [0.1, 0.15) is 44.2 Å². The number of benzene rings is 1. The van der Waals surface area contributed by atoms with E-state index in [4.69, 9.17) is 0 Å². The van der Waals surface area contributed by atoms with Gasteiger partial charge in [0.25, 0.3) is 0 Å². The van der Waals surface area contributed by atoms with Crippen LogP contribution in [0.4, 0.5) is 5.69 Å². The van der Waals surface area contributed by atoms with Crippen LogP contribution in [0.25, 0.3) is 0 Å². The van der Waals surface area contributed by atoms with E-state index >= 15 is 0 Å². The van der Waals surface area contributed by atoms with Crippen LogP contribution in [-0.2, 0) is 0 Å². The minimum Gasteiger partial charge on any atom is -0.371 e. The first kappa shape index (κ1) is 12.4. The van der Waals surface area contributed by atoms with Gasteiger partial charge in [0.2, 0.25) is 0 Å². The van der Waals surface area contributed by atoms with Crippen LogP contribution in [-0.4, -0.2) is 20.1 Å². The maximum atomic E-state index is 3.42. The fraction of sp³-hybridized carbons (Fsp3) is 0.600. The summed E-state index contributed by atoms with van der Waals surface area (Å²) in [7, 11) is 2.06. The first-order valence-corrected chi connectivity index (χ1v) is 6.88. The van der Waals surface area contributed by atoms with E-state index in [0.29, 0.717) is 6.04 Å². The molecule has 1 fully saturated rings. The third-order valence-electron chi connectivity index (χ3n) is 3.77. The Morgan fingerprint density at radius 3 is 2.53 bits per heavy atom. The van der Waals surface area contributed by atoms with Gasteiger partial charge in [-0.1, -0.05) is 25.1 Å².